The molecule has 0 amide bonds. The zero-order valence-corrected chi connectivity index (χ0v) is 12.3. The Morgan fingerprint density at radius 2 is 2.15 bits per heavy atom. The van der Waals surface area contributed by atoms with Gasteiger partial charge >= 0.3 is 0 Å². The Kier molecular flexibility index (Phi) is 3.77. The van der Waals surface area contributed by atoms with E-state index in [9.17, 15) is 0 Å². The smallest absolute Gasteiger partial charge is 0.109 e. The molecule has 102 valence electrons. The van der Waals surface area contributed by atoms with Crippen LogP contribution in [0.4, 0.5) is 5.69 Å². The van der Waals surface area contributed by atoms with E-state index in [0.717, 1.165) is 27.1 Å². The number of hydrogen-bond acceptors (Lipinski definition) is 5. The Morgan fingerprint density at radius 3 is 2.90 bits per heavy atom. The zero-order valence-electron chi connectivity index (χ0n) is 10.7. The number of pyridine rings is 1. The third kappa shape index (κ3) is 2.45. The molecule has 0 fully saturated rings. The molecule has 1 unspecified atom stereocenters. The minimum atomic E-state index is -0.117. The number of nitrogens with one attached hydrogen (secondary N) is 2. The van der Waals surface area contributed by atoms with Gasteiger partial charge in [0.1, 0.15) is 6.17 Å². The van der Waals surface area contributed by atoms with E-state index in [0.29, 0.717) is 6.54 Å². The van der Waals surface area contributed by atoms with Crippen LogP contribution in [-0.2, 0) is 0 Å². The van der Waals surface area contributed by atoms with Gasteiger partial charge in [0, 0.05) is 16.2 Å². The fourth-order valence-electron chi connectivity index (χ4n) is 2.17. The summed E-state index contributed by atoms with van der Waals surface area (Å²) in [5.74, 6) is 5.55. The number of aromatic nitrogens is 1. The van der Waals surface area contributed by atoms with E-state index < -0.39 is 0 Å². The SMILES string of the molecule is NNC1CN=C(c2ccccn2)c2cccc(Br)c2N1. The zero-order chi connectivity index (χ0) is 13.9. The molecule has 1 aromatic carbocycles. The van der Waals surface area contributed by atoms with Crippen LogP contribution in [0.15, 0.2) is 52.1 Å². The highest BCUT2D eigenvalue weighted by Gasteiger charge is 2.20. The summed E-state index contributed by atoms with van der Waals surface area (Å²) in [6.45, 7) is 0.531. The predicted octanol–water partition coefficient (Wildman–Crippen LogP) is 1.90. The van der Waals surface area contributed by atoms with Gasteiger partial charge in [0.25, 0.3) is 0 Å². The van der Waals surface area contributed by atoms with Gasteiger partial charge in [0.05, 0.1) is 23.6 Å². The van der Waals surface area contributed by atoms with Crippen LogP contribution >= 0.6 is 15.9 Å². The molecule has 3 rings (SSSR count). The van der Waals surface area contributed by atoms with Crippen molar-refractivity contribution in [2.75, 3.05) is 11.9 Å². The van der Waals surface area contributed by atoms with Crippen molar-refractivity contribution in [1.82, 2.24) is 10.4 Å². The number of fused-ring (bicyclic) bond motifs is 1. The number of hydrogen-bond donors (Lipinski definition) is 3. The van der Waals surface area contributed by atoms with Crippen LogP contribution in [0.2, 0.25) is 0 Å². The lowest BCUT2D eigenvalue weighted by Gasteiger charge is -2.17. The molecule has 4 N–H and O–H groups in total. The lowest BCUT2D eigenvalue weighted by molar-refractivity contribution is 0.595. The molecule has 2 aromatic rings. The van der Waals surface area contributed by atoms with E-state index in [1.165, 1.54) is 0 Å². The topological polar surface area (TPSA) is 75.3 Å². The first-order chi connectivity index (χ1) is 9.79. The van der Waals surface area contributed by atoms with Crippen molar-refractivity contribution in [2.24, 2.45) is 10.8 Å². The molecule has 5 nitrogen and oxygen atoms in total. The summed E-state index contributed by atoms with van der Waals surface area (Å²) in [4.78, 5) is 9.05. The molecule has 0 spiro atoms. The Bertz CT molecular complexity index is 641. The minimum Gasteiger partial charge on any atom is -0.366 e. The number of nitrogens with zero attached hydrogens (tertiary/aromatic N) is 2. The molecule has 2 heterocycles. The highest BCUT2D eigenvalue weighted by atomic mass is 79.9. The van der Waals surface area contributed by atoms with Crippen molar-refractivity contribution in [1.29, 1.82) is 0 Å². The number of anilines is 1. The molecule has 0 aliphatic carbocycles. The van der Waals surface area contributed by atoms with Crippen molar-refractivity contribution >= 4 is 27.3 Å². The fraction of sp³-hybridized carbons (Fsp3) is 0.143. The van der Waals surface area contributed by atoms with Crippen LogP contribution in [0.1, 0.15) is 11.3 Å². The van der Waals surface area contributed by atoms with Crippen molar-refractivity contribution in [3.05, 3.63) is 58.3 Å². The summed E-state index contributed by atoms with van der Waals surface area (Å²) in [7, 11) is 0. The van der Waals surface area contributed by atoms with Crippen molar-refractivity contribution in [3.8, 4) is 0 Å². The van der Waals surface area contributed by atoms with Crippen LogP contribution in [0.5, 0.6) is 0 Å². The molecule has 0 bridgehead atoms. The first-order valence-corrected chi connectivity index (χ1v) is 7.06. The van der Waals surface area contributed by atoms with Crippen LogP contribution in [-0.4, -0.2) is 23.4 Å². The fourth-order valence-corrected chi connectivity index (χ4v) is 2.65. The van der Waals surface area contributed by atoms with Gasteiger partial charge < -0.3 is 5.32 Å². The number of aliphatic imine (C=N–C) groups is 1. The second-order valence-electron chi connectivity index (χ2n) is 4.43. The molecule has 1 aliphatic heterocycles. The number of hydrazine groups is 1. The molecular weight excluding hydrogens is 318 g/mol. The van der Waals surface area contributed by atoms with Crippen molar-refractivity contribution in [2.45, 2.75) is 6.17 Å². The average Bonchev–Trinajstić information content (AvgIpc) is 2.68. The summed E-state index contributed by atoms with van der Waals surface area (Å²) < 4.78 is 0.973. The third-order valence-electron chi connectivity index (χ3n) is 3.13. The van der Waals surface area contributed by atoms with Crippen molar-refractivity contribution < 1.29 is 0 Å². The molecule has 1 aliphatic rings. The highest BCUT2D eigenvalue weighted by Crippen LogP contribution is 2.30. The van der Waals surface area contributed by atoms with E-state index in [-0.39, 0.29) is 6.17 Å². The third-order valence-corrected chi connectivity index (χ3v) is 3.79. The van der Waals surface area contributed by atoms with E-state index >= 15 is 0 Å². The molecule has 6 heteroatoms. The summed E-state index contributed by atoms with van der Waals surface area (Å²) in [5, 5.41) is 3.35. The van der Waals surface area contributed by atoms with Gasteiger partial charge in [-0.25, -0.2) is 5.43 Å². The van der Waals surface area contributed by atoms with Crippen LogP contribution in [0, 0.1) is 0 Å². The summed E-state index contributed by atoms with van der Waals surface area (Å²) in [5.41, 5.74) is 6.43. The van der Waals surface area contributed by atoms with E-state index in [1.54, 1.807) is 6.20 Å². The predicted molar refractivity (Wildman–Crippen MR) is 83.6 cm³/mol. The van der Waals surface area contributed by atoms with Gasteiger partial charge in [-0.05, 0) is 34.1 Å². The molecule has 0 saturated carbocycles. The summed E-state index contributed by atoms with van der Waals surface area (Å²) in [6.07, 6.45) is 1.65. The van der Waals surface area contributed by atoms with Gasteiger partial charge in [-0.15, -0.1) is 0 Å². The normalized spacial score (nSPS) is 17.7. The second kappa shape index (κ2) is 5.70. The molecule has 20 heavy (non-hydrogen) atoms. The molecule has 0 radical (unpaired) electrons. The van der Waals surface area contributed by atoms with Gasteiger partial charge in [-0.3, -0.25) is 15.8 Å². The summed E-state index contributed by atoms with van der Waals surface area (Å²) >= 11 is 3.57. The monoisotopic (exact) mass is 331 g/mol. The number of nitrogens with two attached hydrogens (primary N) is 1. The lowest BCUT2D eigenvalue weighted by atomic mass is 10.0. The standard InChI is InChI=1S/C14H14BrN5/c15-10-5-3-4-9-13(10)19-12(20-16)8-18-14(9)11-6-1-2-7-17-11/h1-7,12,19-20H,8,16H2. The van der Waals surface area contributed by atoms with E-state index in [1.807, 2.05) is 36.4 Å². The first kappa shape index (κ1) is 13.2. The van der Waals surface area contributed by atoms with Gasteiger partial charge in [-0.1, -0.05) is 18.2 Å². The van der Waals surface area contributed by atoms with Gasteiger partial charge in [0.15, 0.2) is 0 Å². The molecular formula is C14H14BrN5. The number of rotatable bonds is 2. The number of benzodiazepines with no additional fused rings is 1. The van der Waals surface area contributed by atoms with Crippen LogP contribution in [0.25, 0.3) is 0 Å². The van der Waals surface area contributed by atoms with Gasteiger partial charge in [-0.2, -0.15) is 0 Å². The first-order valence-electron chi connectivity index (χ1n) is 6.27. The minimum absolute atomic E-state index is 0.117. The lowest BCUT2D eigenvalue weighted by Crippen LogP contribution is -2.43. The van der Waals surface area contributed by atoms with Crippen molar-refractivity contribution in [3.63, 3.8) is 0 Å². The highest BCUT2D eigenvalue weighted by molar-refractivity contribution is 9.10. The Balaban J connectivity index is 2.15. The second-order valence-corrected chi connectivity index (χ2v) is 5.28. The molecule has 1 aromatic heterocycles. The molecule has 0 saturated heterocycles. The number of halogens is 1. The van der Waals surface area contributed by atoms with Gasteiger partial charge in [0.2, 0.25) is 0 Å². The Hall–Kier alpha value is -1.76. The average molecular weight is 332 g/mol. The van der Waals surface area contributed by atoms with Crippen LogP contribution < -0.4 is 16.6 Å². The van der Waals surface area contributed by atoms with E-state index in [2.05, 4.69) is 36.6 Å². The molecule has 1 atom stereocenters. The Morgan fingerprint density at radius 1 is 1.25 bits per heavy atom. The summed E-state index contributed by atoms with van der Waals surface area (Å²) in [6, 6.07) is 11.8. The maximum absolute atomic E-state index is 5.55. The van der Waals surface area contributed by atoms with Crippen LogP contribution in [0.3, 0.4) is 0 Å². The largest absolute Gasteiger partial charge is 0.366 e. The number of para-hydroxylation sites is 1. The maximum Gasteiger partial charge on any atom is 0.109 e. The Labute approximate surface area is 125 Å². The number of benzene rings is 1. The maximum atomic E-state index is 5.55. The van der Waals surface area contributed by atoms with E-state index in [4.69, 9.17) is 5.84 Å². The quantitative estimate of drug-likeness (QED) is 0.580.